The number of carbonyl (C=O) groups excluding carboxylic acids is 1. The first-order chi connectivity index (χ1) is 8.94. The fourth-order valence-corrected chi connectivity index (χ4v) is 1.46. The molecule has 1 amide bonds. The molecule has 0 radical (unpaired) electrons. The van der Waals surface area contributed by atoms with Crippen molar-refractivity contribution in [1.82, 2.24) is 15.1 Å². The molecule has 1 rings (SSSR count). The van der Waals surface area contributed by atoms with Gasteiger partial charge in [-0.05, 0) is 19.1 Å². The highest BCUT2D eigenvalue weighted by Gasteiger charge is 2.20. The van der Waals surface area contributed by atoms with Crippen molar-refractivity contribution in [2.24, 2.45) is 7.05 Å². The minimum atomic E-state index is -0.966. The van der Waals surface area contributed by atoms with Gasteiger partial charge in [0, 0.05) is 46.0 Å². The Bertz CT molecular complexity index is 438. The normalized spacial score (nSPS) is 14.5. The molecule has 0 bridgehead atoms. The molecule has 1 unspecified atom stereocenters. The second-order valence-electron chi connectivity index (χ2n) is 4.67. The van der Waals surface area contributed by atoms with E-state index in [9.17, 15) is 9.90 Å². The lowest BCUT2D eigenvalue weighted by atomic mass is 10.0. The zero-order valence-electron chi connectivity index (χ0n) is 11.6. The Morgan fingerprint density at radius 2 is 2.42 bits per heavy atom. The number of rotatable bonds is 7. The molecule has 0 aliphatic heterocycles. The van der Waals surface area contributed by atoms with Gasteiger partial charge in [0.25, 0.3) is 0 Å². The quantitative estimate of drug-likeness (QED) is 0.698. The lowest BCUT2D eigenvalue weighted by Gasteiger charge is -2.22. The zero-order valence-corrected chi connectivity index (χ0v) is 11.6. The molecular formula is C13H21N3O3. The molecular weight excluding hydrogens is 246 g/mol. The Labute approximate surface area is 113 Å². The number of hydrogen-bond donors (Lipinski definition) is 2. The van der Waals surface area contributed by atoms with Gasteiger partial charge >= 0.3 is 0 Å². The molecule has 6 heteroatoms. The molecule has 1 aromatic heterocycles. The van der Waals surface area contributed by atoms with Crippen molar-refractivity contribution in [1.29, 1.82) is 0 Å². The lowest BCUT2D eigenvalue weighted by molar-refractivity contribution is -0.117. The largest absolute Gasteiger partial charge is 0.388 e. The third-order valence-corrected chi connectivity index (χ3v) is 2.75. The summed E-state index contributed by atoms with van der Waals surface area (Å²) in [7, 11) is 3.37. The van der Waals surface area contributed by atoms with E-state index in [4.69, 9.17) is 4.74 Å². The summed E-state index contributed by atoms with van der Waals surface area (Å²) in [6, 6.07) is 1.80. The molecule has 6 nitrogen and oxygen atoms in total. The van der Waals surface area contributed by atoms with E-state index >= 15 is 0 Å². The van der Waals surface area contributed by atoms with E-state index in [2.05, 4.69) is 10.4 Å². The smallest absolute Gasteiger partial charge is 0.244 e. The average molecular weight is 267 g/mol. The first-order valence-electron chi connectivity index (χ1n) is 6.10. The summed E-state index contributed by atoms with van der Waals surface area (Å²) >= 11 is 0. The van der Waals surface area contributed by atoms with Crippen LogP contribution in [0.3, 0.4) is 0 Å². The lowest BCUT2D eigenvalue weighted by Crippen LogP contribution is -2.40. The highest BCUT2D eigenvalue weighted by Crippen LogP contribution is 2.07. The number of nitrogens with one attached hydrogen (secondary N) is 1. The van der Waals surface area contributed by atoms with Gasteiger partial charge in [-0.25, -0.2) is 0 Å². The van der Waals surface area contributed by atoms with E-state index in [1.54, 1.807) is 44.1 Å². The summed E-state index contributed by atoms with van der Waals surface area (Å²) < 4.78 is 6.56. The first kappa shape index (κ1) is 15.4. The fraction of sp³-hybridized carbons (Fsp3) is 0.538. The Kier molecular flexibility index (Phi) is 5.72. The Morgan fingerprint density at radius 3 is 3.00 bits per heavy atom. The van der Waals surface area contributed by atoms with Crippen molar-refractivity contribution in [2.75, 3.05) is 20.3 Å². The van der Waals surface area contributed by atoms with E-state index in [0.29, 0.717) is 13.0 Å². The monoisotopic (exact) mass is 267 g/mol. The molecule has 0 aliphatic carbocycles. The summed E-state index contributed by atoms with van der Waals surface area (Å²) in [6.07, 6.45) is 5.22. The van der Waals surface area contributed by atoms with Crippen LogP contribution in [0.5, 0.6) is 0 Å². The van der Waals surface area contributed by atoms with E-state index < -0.39 is 5.60 Å². The molecule has 0 saturated carbocycles. The molecule has 0 fully saturated rings. The van der Waals surface area contributed by atoms with E-state index in [-0.39, 0.29) is 12.5 Å². The van der Waals surface area contributed by atoms with Crippen LogP contribution >= 0.6 is 0 Å². The van der Waals surface area contributed by atoms with Gasteiger partial charge < -0.3 is 15.2 Å². The van der Waals surface area contributed by atoms with Gasteiger partial charge in [0.15, 0.2) is 0 Å². The van der Waals surface area contributed by atoms with Gasteiger partial charge in [-0.3, -0.25) is 9.48 Å². The number of nitrogens with zero attached hydrogens (tertiary/aromatic N) is 2. The second kappa shape index (κ2) is 7.06. The van der Waals surface area contributed by atoms with Crippen LogP contribution in [0.1, 0.15) is 19.0 Å². The number of aliphatic hydroxyl groups is 1. The fourth-order valence-electron chi connectivity index (χ4n) is 1.46. The molecule has 19 heavy (non-hydrogen) atoms. The van der Waals surface area contributed by atoms with Gasteiger partial charge in [0.05, 0.1) is 11.3 Å². The maximum Gasteiger partial charge on any atom is 0.244 e. The third kappa shape index (κ3) is 5.67. The van der Waals surface area contributed by atoms with E-state index in [0.717, 1.165) is 5.69 Å². The highest BCUT2D eigenvalue weighted by molar-refractivity contribution is 5.91. The van der Waals surface area contributed by atoms with Crippen molar-refractivity contribution in [3.05, 3.63) is 24.0 Å². The van der Waals surface area contributed by atoms with Crippen LogP contribution < -0.4 is 5.32 Å². The maximum absolute atomic E-state index is 11.6. The van der Waals surface area contributed by atoms with Gasteiger partial charge in [-0.15, -0.1) is 0 Å². The zero-order chi connectivity index (χ0) is 14.3. The summed E-state index contributed by atoms with van der Waals surface area (Å²) in [5.41, 5.74) is -0.132. The molecule has 1 heterocycles. The van der Waals surface area contributed by atoms with Gasteiger partial charge in [-0.2, -0.15) is 5.10 Å². The predicted octanol–water partition coefficient (Wildman–Crippen LogP) is 0.337. The van der Waals surface area contributed by atoms with E-state index in [1.807, 2.05) is 0 Å². The minimum absolute atomic E-state index is 0.185. The highest BCUT2D eigenvalue weighted by atomic mass is 16.5. The number of aryl methyl sites for hydroxylation is 1. The van der Waals surface area contributed by atoms with Crippen LogP contribution in [0.2, 0.25) is 0 Å². The van der Waals surface area contributed by atoms with Crippen LogP contribution in [0.4, 0.5) is 0 Å². The minimum Gasteiger partial charge on any atom is -0.388 e. The van der Waals surface area contributed by atoms with E-state index in [1.165, 1.54) is 6.08 Å². The number of aromatic nitrogens is 2. The second-order valence-corrected chi connectivity index (χ2v) is 4.67. The first-order valence-corrected chi connectivity index (χ1v) is 6.10. The third-order valence-electron chi connectivity index (χ3n) is 2.75. The number of ether oxygens (including phenoxy) is 1. The molecule has 1 atom stereocenters. The van der Waals surface area contributed by atoms with Crippen molar-refractivity contribution in [3.63, 3.8) is 0 Å². The topological polar surface area (TPSA) is 76.4 Å². The number of amides is 1. The van der Waals surface area contributed by atoms with Crippen LogP contribution in [-0.4, -0.2) is 46.7 Å². The SMILES string of the molecule is COCCC(C)(O)CNC(=O)/C=C/c1ccnn1C. The van der Waals surface area contributed by atoms with Crippen molar-refractivity contribution in [3.8, 4) is 0 Å². The Hall–Kier alpha value is -1.66. The molecule has 0 saturated heterocycles. The summed E-state index contributed by atoms with van der Waals surface area (Å²) in [5, 5.41) is 16.6. The molecule has 106 valence electrons. The predicted molar refractivity (Wildman–Crippen MR) is 72.4 cm³/mol. The van der Waals surface area contributed by atoms with Gasteiger partial charge in [-0.1, -0.05) is 0 Å². The number of carbonyl (C=O) groups is 1. The molecule has 0 spiro atoms. The molecule has 0 aliphatic rings. The van der Waals surface area contributed by atoms with Crippen LogP contribution in [0.15, 0.2) is 18.3 Å². The van der Waals surface area contributed by atoms with Crippen LogP contribution in [0, 0.1) is 0 Å². The van der Waals surface area contributed by atoms with Crippen molar-refractivity contribution < 1.29 is 14.6 Å². The maximum atomic E-state index is 11.6. The van der Waals surface area contributed by atoms with Gasteiger partial charge in [0.1, 0.15) is 0 Å². The van der Waals surface area contributed by atoms with Crippen LogP contribution in [-0.2, 0) is 16.6 Å². The summed E-state index contributed by atoms with van der Waals surface area (Å²) in [4.78, 5) is 11.6. The van der Waals surface area contributed by atoms with Crippen molar-refractivity contribution in [2.45, 2.75) is 18.9 Å². The molecule has 2 N–H and O–H groups in total. The number of methoxy groups -OCH3 is 1. The number of hydrogen-bond acceptors (Lipinski definition) is 4. The average Bonchev–Trinajstić information content (AvgIpc) is 2.77. The Morgan fingerprint density at radius 1 is 1.68 bits per heavy atom. The molecule has 0 aromatic carbocycles. The van der Waals surface area contributed by atoms with Crippen molar-refractivity contribution >= 4 is 12.0 Å². The summed E-state index contributed by atoms with van der Waals surface area (Å²) in [5.74, 6) is -0.251. The molecule has 1 aromatic rings. The standard InChI is InChI=1S/C13H21N3O3/c1-13(18,7-9-19-3)10-14-12(17)5-4-11-6-8-15-16(11)2/h4-6,8,18H,7,9-10H2,1-3H3,(H,14,17)/b5-4+. The van der Waals surface area contributed by atoms with Crippen LogP contribution in [0.25, 0.3) is 6.08 Å². The van der Waals surface area contributed by atoms with Gasteiger partial charge in [0.2, 0.25) is 5.91 Å². The summed E-state index contributed by atoms with van der Waals surface area (Å²) in [6.45, 7) is 2.30. The Balaban J connectivity index is 2.39.